The minimum atomic E-state index is 0.778. The van der Waals surface area contributed by atoms with Gasteiger partial charge in [0.05, 0.1) is 23.0 Å². The van der Waals surface area contributed by atoms with Crippen LogP contribution in [0.15, 0.2) is 175 Å². The van der Waals surface area contributed by atoms with Crippen LogP contribution in [-0.4, -0.2) is 4.98 Å². The first-order valence-electron chi connectivity index (χ1n) is 14.8. The normalized spacial score (nSPS) is 11.2. The zero-order valence-corrected chi connectivity index (χ0v) is 24.0. The monoisotopic (exact) mass is 564 g/mol. The molecule has 3 nitrogen and oxygen atoms in total. The number of nitrogens with zero attached hydrogens (tertiary/aromatic N) is 2. The second-order valence-corrected chi connectivity index (χ2v) is 10.8. The van der Waals surface area contributed by atoms with Crippen LogP contribution in [-0.2, 0) is 0 Å². The molecule has 8 rings (SSSR count). The van der Waals surface area contributed by atoms with Crippen molar-refractivity contribution in [3.8, 4) is 33.4 Å². The van der Waals surface area contributed by atoms with Crippen LogP contribution in [0.4, 0.5) is 17.1 Å². The summed E-state index contributed by atoms with van der Waals surface area (Å²) in [6, 6.07) is 55.6. The molecule has 0 bridgehead atoms. The summed E-state index contributed by atoms with van der Waals surface area (Å²) in [6.45, 7) is 0. The van der Waals surface area contributed by atoms with Gasteiger partial charge in [-0.25, -0.2) is 0 Å². The summed E-state index contributed by atoms with van der Waals surface area (Å²) in [5.74, 6) is 0. The maximum atomic E-state index is 6.26. The molecule has 8 aromatic rings. The smallest absolute Gasteiger partial charge is 0.153 e. The zero-order chi connectivity index (χ0) is 29.3. The van der Waals surface area contributed by atoms with Crippen molar-refractivity contribution >= 4 is 39.0 Å². The molecule has 0 radical (unpaired) electrons. The van der Waals surface area contributed by atoms with E-state index in [9.17, 15) is 0 Å². The van der Waals surface area contributed by atoms with Gasteiger partial charge in [-0.2, -0.15) is 0 Å². The molecular weight excluding hydrogens is 536 g/mol. The van der Waals surface area contributed by atoms with Gasteiger partial charge in [-0.05, 0) is 64.2 Å². The molecule has 0 aliphatic rings. The fraction of sp³-hybridized carbons (Fsp3) is 0. The van der Waals surface area contributed by atoms with Crippen LogP contribution in [0.2, 0.25) is 0 Å². The Bertz CT molecular complexity index is 2200. The lowest BCUT2D eigenvalue weighted by atomic mass is 9.99. The van der Waals surface area contributed by atoms with E-state index in [2.05, 4.69) is 149 Å². The summed E-state index contributed by atoms with van der Waals surface area (Å²) in [4.78, 5) is 6.66. The Morgan fingerprint density at radius 2 is 1.00 bits per heavy atom. The number of furan rings is 1. The number of rotatable bonds is 6. The summed E-state index contributed by atoms with van der Waals surface area (Å²) in [7, 11) is 0. The lowest BCUT2D eigenvalue weighted by Gasteiger charge is -2.28. The highest BCUT2D eigenvalue weighted by Gasteiger charge is 2.21. The summed E-state index contributed by atoms with van der Waals surface area (Å²) >= 11 is 0. The highest BCUT2D eigenvalue weighted by atomic mass is 16.3. The molecule has 0 unspecified atom stereocenters. The van der Waals surface area contributed by atoms with Gasteiger partial charge in [0.25, 0.3) is 0 Å². The van der Waals surface area contributed by atoms with E-state index in [-0.39, 0.29) is 0 Å². The van der Waals surface area contributed by atoms with Crippen LogP contribution in [0.25, 0.3) is 55.3 Å². The molecule has 208 valence electrons. The molecule has 0 saturated carbocycles. The van der Waals surface area contributed by atoms with E-state index in [1.165, 1.54) is 22.3 Å². The minimum absolute atomic E-state index is 0.778. The van der Waals surface area contributed by atoms with E-state index < -0.39 is 0 Å². The zero-order valence-electron chi connectivity index (χ0n) is 24.0. The standard InChI is InChI=1S/C41H28N2O/c1-3-10-29(11-4-1)30-18-20-31(21-19-30)32-22-24-34(25-23-32)43(37-15-8-7-14-35(37)33-12-5-2-6-13-33)38-16-9-17-39-41(38)36-26-27-42-28-40(36)44-39/h1-28H. The summed E-state index contributed by atoms with van der Waals surface area (Å²) in [5.41, 5.74) is 11.9. The third kappa shape index (κ3) is 4.61. The Labute approximate surface area is 256 Å². The van der Waals surface area contributed by atoms with Gasteiger partial charge < -0.3 is 9.32 Å². The molecule has 6 aromatic carbocycles. The Morgan fingerprint density at radius 3 is 1.70 bits per heavy atom. The van der Waals surface area contributed by atoms with Crippen molar-refractivity contribution < 1.29 is 4.42 Å². The van der Waals surface area contributed by atoms with Crippen molar-refractivity contribution in [1.29, 1.82) is 0 Å². The number of pyridine rings is 1. The average molecular weight is 565 g/mol. The van der Waals surface area contributed by atoms with Gasteiger partial charge in [0.2, 0.25) is 0 Å². The number of hydrogen-bond donors (Lipinski definition) is 0. The first kappa shape index (κ1) is 25.8. The van der Waals surface area contributed by atoms with Gasteiger partial charge in [0.1, 0.15) is 5.58 Å². The van der Waals surface area contributed by atoms with Crippen LogP contribution in [0, 0.1) is 0 Å². The number of aromatic nitrogens is 1. The van der Waals surface area contributed by atoms with Gasteiger partial charge in [-0.3, -0.25) is 4.98 Å². The largest absolute Gasteiger partial charge is 0.454 e. The Morgan fingerprint density at radius 1 is 0.432 bits per heavy atom. The van der Waals surface area contributed by atoms with Gasteiger partial charge in [-0.15, -0.1) is 0 Å². The molecule has 0 amide bonds. The predicted octanol–water partition coefficient (Wildman–Crippen LogP) is 11.5. The lowest BCUT2D eigenvalue weighted by molar-refractivity contribution is 0.667. The molecule has 0 N–H and O–H groups in total. The van der Waals surface area contributed by atoms with E-state index in [4.69, 9.17) is 4.42 Å². The van der Waals surface area contributed by atoms with Crippen LogP contribution in [0.3, 0.4) is 0 Å². The fourth-order valence-electron chi connectivity index (χ4n) is 6.08. The van der Waals surface area contributed by atoms with Gasteiger partial charge in [0, 0.05) is 22.8 Å². The third-order valence-electron chi connectivity index (χ3n) is 8.20. The Hall–Kier alpha value is -5.93. The van der Waals surface area contributed by atoms with E-state index in [1.54, 1.807) is 6.20 Å². The first-order valence-corrected chi connectivity index (χ1v) is 14.8. The second kappa shape index (κ2) is 11.0. The predicted molar refractivity (Wildman–Crippen MR) is 183 cm³/mol. The van der Waals surface area contributed by atoms with Crippen LogP contribution < -0.4 is 4.90 Å². The maximum Gasteiger partial charge on any atom is 0.153 e. The van der Waals surface area contributed by atoms with Crippen molar-refractivity contribution in [2.75, 3.05) is 4.90 Å². The van der Waals surface area contributed by atoms with Crippen LogP contribution in [0.1, 0.15) is 0 Å². The number of para-hydroxylation sites is 1. The summed E-state index contributed by atoms with van der Waals surface area (Å²) in [5, 5.41) is 2.11. The minimum Gasteiger partial charge on any atom is -0.454 e. The number of fused-ring (bicyclic) bond motifs is 3. The SMILES string of the molecule is c1ccc(-c2ccc(-c3ccc(N(c4ccccc4-c4ccccc4)c4cccc5oc6cnccc6c45)cc3)cc2)cc1. The molecule has 0 spiro atoms. The number of anilines is 3. The van der Waals surface area contributed by atoms with Gasteiger partial charge >= 0.3 is 0 Å². The molecule has 0 atom stereocenters. The van der Waals surface area contributed by atoms with Crippen molar-refractivity contribution in [2.24, 2.45) is 0 Å². The van der Waals surface area contributed by atoms with Crippen molar-refractivity contribution in [2.45, 2.75) is 0 Å². The van der Waals surface area contributed by atoms with Crippen molar-refractivity contribution in [3.63, 3.8) is 0 Å². The number of benzene rings is 6. The maximum absolute atomic E-state index is 6.26. The number of hydrogen-bond acceptors (Lipinski definition) is 3. The molecule has 3 heteroatoms. The average Bonchev–Trinajstić information content (AvgIpc) is 3.49. The first-order chi connectivity index (χ1) is 21.8. The molecule has 0 fully saturated rings. The topological polar surface area (TPSA) is 29.3 Å². The second-order valence-electron chi connectivity index (χ2n) is 10.8. The molecular formula is C41H28N2O. The van der Waals surface area contributed by atoms with E-state index in [0.29, 0.717) is 0 Å². The summed E-state index contributed by atoms with van der Waals surface area (Å²) < 4.78 is 6.26. The molecule has 44 heavy (non-hydrogen) atoms. The fourth-order valence-corrected chi connectivity index (χ4v) is 6.08. The van der Waals surface area contributed by atoms with E-state index >= 15 is 0 Å². The molecule has 2 aromatic heterocycles. The molecule has 0 saturated heterocycles. The van der Waals surface area contributed by atoms with E-state index in [0.717, 1.165) is 50.1 Å². The van der Waals surface area contributed by atoms with Crippen molar-refractivity contribution in [1.82, 2.24) is 4.98 Å². The lowest BCUT2D eigenvalue weighted by Crippen LogP contribution is -2.11. The Balaban J connectivity index is 1.28. The van der Waals surface area contributed by atoms with Crippen LogP contribution >= 0.6 is 0 Å². The Kier molecular flexibility index (Phi) is 6.47. The molecule has 2 heterocycles. The quantitative estimate of drug-likeness (QED) is 0.201. The molecule has 0 aliphatic heterocycles. The third-order valence-corrected chi connectivity index (χ3v) is 8.20. The highest BCUT2D eigenvalue weighted by molar-refractivity contribution is 6.13. The van der Waals surface area contributed by atoms with Crippen molar-refractivity contribution in [3.05, 3.63) is 170 Å². The molecule has 0 aliphatic carbocycles. The highest BCUT2D eigenvalue weighted by Crippen LogP contribution is 2.45. The van der Waals surface area contributed by atoms with Crippen LogP contribution in [0.5, 0.6) is 0 Å². The van der Waals surface area contributed by atoms with E-state index in [1.807, 2.05) is 24.4 Å². The van der Waals surface area contributed by atoms with Gasteiger partial charge in [0.15, 0.2) is 5.58 Å². The van der Waals surface area contributed by atoms with Gasteiger partial charge in [-0.1, -0.05) is 121 Å². The summed E-state index contributed by atoms with van der Waals surface area (Å²) in [6.07, 6.45) is 3.62.